The quantitative estimate of drug-likeness (QED) is 0.819. The predicted octanol–water partition coefficient (Wildman–Crippen LogP) is 3.16. The minimum Gasteiger partial charge on any atom is -0.497 e. The van der Waals surface area contributed by atoms with Crippen LogP contribution in [0.5, 0.6) is 5.75 Å². The maximum absolute atomic E-state index is 9.33. The number of aryl methyl sites for hydroxylation is 1. The van der Waals surface area contributed by atoms with Crippen LogP contribution in [0.2, 0.25) is 0 Å². The monoisotopic (exact) mass is 260 g/mol. The number of nitrogens with zero attached hydrogens (tertiary/aromatic N) is 1. The van der Waals surface area contributed by atoms with Crippen LogP contribution in [0.4, 0.5) is 0 Å². The Morgan fingerprint density at radius 2 is 1.95 bits per heavy atom. The fraction of sp³-hybridized carbons (Fsp3) is 0.562. The second-order valence-electron chi connectivity index (χ2n) is 5.57. The summed E-state index contributed by atoms with van der Waals surface area (Å²) >= 11 is 0. The van der Waals surface area contributed by atoms with Gasteiger partial charge in [0.2, 0.25) is 0 Å². The van der Waals surface area contributed by atoms with Gasteiger partial charge in [-0.3, -0.25) is 5.32 Å². The molecule has 0 aliphatic heterocycles. The number of hydrogen-bond donors (Lipinski definition) is 1. The Kier molecular flexibility index (Phi) is 5.85. The third kappa shape index (κ3) is 5.32. The second kappa shape index (κ2) is 7.16. The molecule has 0 radical (unpaired) electrons. The molecule has 1 aromatic rings. The van der Waals surface area contributed by atoms with Gasteiger partial charge in [0.25, 0.3) is 0 Å². The van der Waals surface area contributed by atoms with E-state index in [1.165, 1.54) is 5.56 Å². The Labute approximate surface area is 116 Å². The Balaban J connectivity index is 2.54. The van der Waals surface area contributed by atoms with Gasteiger partial charge in [0.05, 0.1) is 13.2 Å². The Hall–Kier alpha value is -1.53. The van der Waals surface area contributed by atoms with Crippen molar-refractivity contribution in [2.24, 2.45) is 5.92 Å². The van der Waals surface area contributed by atoms with Crippen molar-refractivity contribution < 1.29 is 4.74 Å². The zero-order valence-electron chi connectivity index (χ0n) is 12.4. The van der Waals surface area contributed by atoms with E-state index < -0.39 is 5.54 Å². The molecule has 1 unspecified atom stereocenters. The normalized spacial score (nSPS) is 13.9. The van der Waals surface area contributed by atoms with Gasteiger partial charge < -0.3 is 4.74 Å². The molecule has 0 aromatic heterocycles. The molecule has 0 aliphatic carbocycles. The standard InChI is InChI=1S/C16H24N2O/c1-13(2)11-18-16(3,12-17)10-9-14-5-7-15(19-4)8-6-14/h5-8,13,18H,9-11H2,1-4H3. The lowest BCUT2D eigenvalue weighted by molar-refractivity contribution is 0.389. The number of nitrogens with one attached hydrogen (secondary N) is 1. The molecule has 0 heterocycles. The zero-order valence-corrected chi connectivity index (χ0v) is 12.4. The molecule has 0 fully saturated rings. The van der Waals surface area contributed by atoms with Gasteiger partial charge in [-0.05, 0) is 49.9 Å². The van der Waals surface area contributed by atoms with Crippen LogP contribution in [-0.4, -0.2) is 19.2 Å². The maximum atomic E-state index is 9.33. The van der Waals surface area contributed by atoms with Crippen molar-refractivity contribution >= 4 is 0 Å². The molecule has 3 heteroatoms. The number of ether oxygens (including phenoxy) is 1. The van der Waals surface area contributed by atoms with E-state index in [0.717, 1.165) is 25.1 Å². The average Bonchev–Trinajstić information content (AvgIpc) is 2.43. The fourth-order valence-corrected chi connectivity index (χ4v) is 1.80. The first-order valence-electron chi connectivity index (χ1n) is 6.78. The number of hydrogen-bond acceptors (Lipinski definition) is 3. The van der Waals surface area contributed by atoms with Crippen LogP contribution in [0.15, 0.2) is 24.3 Å². The summed E-state index contributed by atoms with van der Waals surface area (Å²) in [5.74, 6) is 1.42. The van der Waals surface area contributed by atoms with Gasteiger partial charge in [-0.25, -0.2) is 0 Å². The number of nitriles is 1. The lowest BCUT2D eigenvalue weighted by Gasteiger charge is -2.24. The molecular formula is C16H24N2O. The first kappa shape index (κ1) is 15.5. The molecule has 0 saturated carbocycles. The van der Waals surface area contributed by atoms with Crippen LogP contribution < -0.4 is 10.1 Å². The summed E-state index contributed by atoms with van der Waals surface area (Å²) in [6, 6.07) is 10.4. The molecular weight excluding hydrogens is 236 g/mol. The first-order valence-corrected chi connectivity index (χ1v) is 6.78. The van der Waals surface area contributed by atoms with Gasteiger partial charge in [-0.2, -0.15) is 5.26 Å². The summed E-state index contributed by atoms with van der Waals surface area (Å²) in [4.78, 5) is 0. The second-order valence-corrected chi connectivity index (χ2v) is 5.57. The van der Waals surface area contributed by atoms with Crippen molar-refractivity contribution in [3.63, 3.8) is 0 Å². The lowest BCUT2D eigenvalue weighted by Crippen LogP contribution is -2.43. The van der Waals surface area contributed by atoms with Gasteiger partial charge >= 0.3 is 0 Å². The van der Waals surface area contributed by atoms with Crippen LogP contribution in [-0.2, 0) is 6.42 Å². The van der Waals surface area contributed by atoms with Crippen molar-refractivity contribution in [3.05, 3.63) is 29.8 Å². The topological polar surface area (TPSA) is 45.0 Å². The third-order valence-electron chi connectivity index (χ3n) is 3.22. The Morgan fingerprint density at radius 3 is 2.42 bits per heavy atom. The largest absolute Gasteiger partial charge is 0.497 e. The minimum atomic E-state index is -0.454. The molecule has 3 nitrogen and oxygen atoms in total. The van der Waals surface area contributed by atoms with E-state index in [0.29, 0.717) is 5.92 Å². The van der Waals surface area contributed by atoms with Crippen molar-refractivity contribution in [1.82, 2.24) is 5.32 Å². The van der Waals surface area contributed by atoms with Crippen molar-refractivity contribution in [2.75, 3.05) is 13.7 Å². The van der Waals surface area contributed by atoms with Crippen LogP contribution in [0.1, 0.15) is 32.8 Å². The van der Waals surface area contributed by atoms with Crippen molar-refractivity contribution in [3.8, 4) is 11.8 Å². The molecule has 0 aliphatic rings. The van der Waals surface area contributed by atoms with Gasteiger partial charge in [-0.1, -0.05) is 26.0 Å². The molecule has 1 atom stereocenters. The molecule has 19 heavy (non-hydrogen) atoms. The van der Waals surface area contributed by atoms with E-state index in [4.69, 9.17) is 4.74 Å². The van der Waals surface area contributed by atoms with E-state index in [-0.39, 0.29) is 0 Å². The molecule has 1 rings (SSSR count). The number of benzene rings is 1. The molecule has 1 N–H and O–H groups in total. The Bertz CT molecular complexity index is 419. The fourth-order valence-electron chi connectivity index (χ4n) is 1.80. The summed E-state index contributed by atoms with van der Waals surface area (Å²) in [5.41, 5.74) is 0.776. The predicted molar refractivity (Wildman–Crippen MR) is 78.2 cm³/mol. The molecule has 0 spiro atoms. The smallest absolute Gasteiger partial charge is 0.118 e. The summed E-state index contributed by atoms with van der Waals surface area (Å²) in [6.45, 7) is 7.13. The van der Waals surface area contributed by atoms with Crippen LogP contribution in [0.25, 0.3) is 0 Å². The highest BCUT2D eigenvalue weighted by atomic mass is 16.5. The average molecular weight is 260 g/mol. The number of rotatable bonds is 7. The third-order valence-corrected chi connectivity index (χ3v) is 3.22. The summed E-state index contributed by atoms with van der Waals surface area (Å²) < 4.78 is 5.14. The van der Waals surface area contributed by atoms with Gasteiger partial charge in [0, 0.05) is 0 Å². The molecule has 104 valence electrons. The highest BCUT2D eigenvalue weighted by Gasteiger charge is 2.22. The minimum absolute atomic E-state index is 0.454. The highest BCUT2D eigenvalue weighted by Crippen LogP contribution is 2.17. The van der Waals surface area contributed by atoms with Crippen LogP contribution in [0.3, 0.4) is 0 Å². The van der Waals surface area contributed by atoms with Gasteiger partial charge in [0.15, 0.2) is 0 Å². The molecule has 0 bridgehead atoms. The van der Waals surface area contributed by atoms with E-state index in [2.05, 4.69) is 37.4 Å². The van der Waals surface area contributed by atoms with Crippen molar-refractivity contribution in [2.45, 2.75) is 39.2 Å². The molecule has 0 amide bonds. The van der Waals surface area contributed by atoms with E-state index >= 15 is 0 Å². The van der Waals surface area contributed by atoms with E-state index in [1.54, 1.807) is 7.11 Å². The summed E-state index contributed by atoms with van der Waals surface area (Å²) in [7, 11) is 1.66. The van der Waals surface area contributed by atoms with E-state index in [9.17, 15) is 5.26 Å². The molecule has 0 saturated heterocycles. The van der Waals surface area contributed by atoms with Crippen LogP contribution >= 0.6 is 0 Å². The maximum Gasteiger partial charge on any atom is 0.118 e. The Morgan fingerprint density at radius 1 is 1.32 bits per heavy atom. The zero-order chi connectivity index (χ0) is 14.3. The lowest BCUT2D eigenvalue weighted by atomic mass is 9.94. The van der Waals surface area contributed by atoms with Crippen molar-refractivity contribution in [1.29, 1.82) is 5.26 Å². The summed E-state index contributed by atoms with van der Waals surface area (Å²) in [6.07, 6.45) is 1.70. The van der Waals surface area contributed by atoms with Crippen LogP contribution in [0, 0.1) is 17.2 Å². The first-order chi connectivity index (χ1) is 8.99. The molecule has 1 aromatic carbocycles. The number of methoxy groups -OCH3 is 1. The summed E-state index contributed by atoms with van der Waals surface area (Å²) in [5, 5.41) is 12.7. The SMILES string of the molecule is COc1ccc(CCC(C)(C#N)NCC(C)C)cc1. The van der Waals surface area contributed by atoms with Gasteiger partial charge in [0.1, 0.15) is 11.3 Å². The van der Waals surface area contributed by atoms with E-state index in [1.807, 2.05) is 19.1 Å². The highest BCUT2D eigenvalue weighted by molar-refractivity contribution is 5.27. The van der Waals surface area contributed by atoms with Gasteiger partial charge in [-0.15, -0.1) is 0 Å².